The lowest BCUT2D eigenvalue weighted by atomic mass is 10.0. The van der Waals surface area contributed by atoms with Crippen molar-refractivity contribution in [3.63, 3.8) is 0 Å². The first-order valence-corrected chi connectivity index (χ1v) is 23.3. The Morgan fingerprint density at radius 2 is 1.08 bits per heavy atom. The molecule has 0 unspecified atom stereocenters. The van der Waals surface area contributed by atoms with Gasteiger partial charge in [0.05, 0.1) is 49.5 Å². The first kappa shape index (κ1) is 51.9. The molecule has 6 rings (SSSR count). The SMILES string of the molecule is C=CC(=O)OCCCCCCOc1ccc(C(=O)Oc2cc(/C=N/Nc3ccc4ccccc4c3)c(OC(=O)c3ccc(OCCCCCCOC(=O)C=C)cc3)c3ccc(OC(=O)C(=C)C)cc23)cc1. The molecule has 0 radical (unpaired) electrons. The number of hydrogen-bond donors (Lipinski definition) is 1. The zero-order valence-electron chi connectivity index (χ0n) is 39.7. The number of nitrogens with zero attached hydrogens (tertiary/aromatic N) is 1. The van der Waals surface area contributed by atoms with Gasteiger partial charge in [0.25, 0.3) is 0 Å². The lowest BCUT2D eigenvalue weighted by Crippen LogP contribution is -2.13. The number of carbonyl (C=O) groups is 5. The van der Waals surface area contributed by atoms with Crippen molar-refractivity contribution in [2.75, 3.05) is 31.9 Å². The molecule has 0 atom stereocenters. The van der Waals surface area contributed by atoms with Gasteiger partial charge in [-0.25, -0.2) is 24.0 Å². The summed E-state index contributed by atoms with van der Waals surface area (Å²) in [7, 11) is 0. The van der Waals surface area contributed by atoms with Crippen LogP contribution in [0.3, 0.4) is 0 Å². The molecule has 6 aromatic rings. The van der Waals surface area contributed by atoms with E-state index < -0.39 is 29.8 Å². The monoisotopic (exact) mass is 960 g/mol. The van der Waals surface area contributed by atoms with E-state index in [0.717, 1.165) is 74.3 Å². The Hall–Kier alpha value is -8.52. The number of benzene rings is 6. The molecule has 0 amide bonds. The van der Waals surface area contributed by atoms with Crippen LogP contribution in [0.25, 0.3) is 21.5 Å². The highest BCUT2D eigenvalue weighted by Gasteiger charge is 2.22. The summed E-state index contributed by atoms with van der Waals surface area (Å²) in [5, 5.41) is 7.19. The van der Waals surface area contributed by atoms with E-state index in [4.69, 9.17) is 33.2 Å². The Balaban J connectivity index is 1.22. The van der Waals surface area contributed by atoms with Gasteiger partial charge in [-0.3, -0.25) is 5.43 Å². The molecule has 0 aliphatic heterocycles. The minimum atomic E-state index is -0.699. The van der Waals surface area contributed by atoms with E-state index >= 15 is 0 Å². The van der Waals surface area contributed by atoms with Gasteiger partial charge in [0, 0.05) is 34.1 Å². The summed E-state index contributed by atoms with van der Waals surface area (Å²) in [4.78, 5) is 62.9. The van der Waals surface area contributed by atoms with E-state index in [1.807, 2.05) is 42.5 Å². The van der Waals surface area contributed by atoms with Gasteiger partial charge in [0.2, 0.25) is 0 Å². The third-order valence-electron chi connectivity index (χ3n) is 10.8. The summed E-state index contributed by atoms with van der Waals surface area (Å²) in [6.07, 6.45) is 10.3. The minimum absolute atomic E-state index is 0.0578. The Labute approximate surface area is 412 Å². The zero-order chi connectivity index (χ0) is 50.4. The highest BCUT2D eigenvalue weighted by molar-refractivity contribution is 6.06. The molecule has 366 valence electrons. The van der Waals surface area contributed by atoms with E-state index in [9.17, 15) is 24.0 Å². The van der Waals surface area contributed by atoms with Gasteiger partial charge in [0.1, 0.15) is 28.7 Å². The molecule has 0 aliphatic rings. The van der Waals surface area contributed by atoms with Crippen LogP contribution < -0.4 is 29.1 Å². The van der Waals surface area contributed by atoms with Gasteiger partial charge in [0.15, 0.2) is 0 Å². The molecule has 0 heterocycles. The number of nitrogens with one attached hydrogen (secondary N) is 1. The normalized spacial score (nSPS) is 10.8. The van der Waals surface area contributed by atoms with Crippen molar-refractivity contribution < 1.29 is 57.1 Å². The first-order valence-electron chi connectivity index (χ1n) is 23.3. The van der Waals surface area contributed by atoms with E-state index in [0.29, 0.717) is 49.0 Å². The molecule has 71 heavy (non-hydrogen) atoms. The van der Waals surface area contributed by atoms with Crippen LogP contribution in [-0.4, -0.2) is 62.5 Å². The van der Waals surface area contributed by atoms with Crippen LogP contribution in [0.1, 0.15) is 84.6 Å². The molecular weight excluding hydrogens is 905 g/mol. The molecule has 6 aromatic carbocycles. The number of esters is 5. The van der Waals surface area contributed by atoms with Crippen molar-refractivity contribution in [1.29, 1.82) is 0 Å². The molecule has 0 aromatic heterocycles. The standard InChI is InChI=1S/C57H56N2O12/c1-5-52(60)67-33-15-9-7-13-31-65-46-25-20-41(21-26-46)56(63)70-51-36-44(38-58-59-45-24-19-40-17-11-12-18-43(40)35-45)54(49-30-29-48(37-50(49)51)69-55(62)39(3)4)71-57(64)42-22-27-47(28-23-42)66-32-14-8-10-16-34-68-53(61)6-2/h5-6,11-12,17-30,35-38,59H,1-3,7-10,13-16,31-34H2,4H3/b58-38+. The maximum atomic E-state index is 14.0. The van der Waals surface area contributed by atoms with E-state index in [2.05, 4.69) is 30.3 Å². The van der Waals surface area contributed by atoms with Gasteiger partial charge < -0.3 is 33.2 Å². The zero-order valence-corrected chi connectivity index (χ0v) is 39.7. The van der Waals surface area contributed by atoms with Crippen LogP contribution >= 0.6 is 0 Å². The summed E-state index contributed by atoms with van der Waals surface area (Å²) >= 11 is 0. The Kier molecular flexibility index (Phi) is 19.6. The molecule has 0 fully saturated rings. The van der Waals surface area contributed by atoms with Crippen molar-refractivity contribution in [3.8, 4) is 28.7 Å². The van der Waals surface area contributed by atoms with Crippen LogP contribution in [0.4, 0.5) is 5.69 Å². The molecule has 0 aliphatic carbocycles. The second kappa shape index (κ2) is 26.9. The van der Waals surface area contributed by atoms with Crippen molar-refractivity contribution in [1.82, 2.24) is 0 Å². The number of anilines is 1. The molecule has 0 saturated carbocycles. The van der Waals surface area contributed by atoms with E-state index in [-0.39, 0.29) is 44.9 Å². The fraction of sp³-hybridized carbons (Fsp3) is 0.228. The van der Waals surface area contributed by atoms with Crippen LogP contribution in [-0.2, 0) is 23.9 Å². The Morgan fingerprint density at radius 3 is 1.65 bits per heavy atom. The average molecular weight is 961 g/mol. The number of unbranched alkanes of at least 4 members (excludes halogenated alkanes) is 6. The molecule has 14 heteroatoms. The third-order valence-corrected chi connectivity index (χ3v) is 10.8. The predicted octanol–water partition coefficient (Wildman–Crippen LogP) is 11.7. The summed E-state index contributed by atoms with van der Waals surface area (Å²) in [6, 6.07) is 32.9. The maximum absolute atomic E-state index is 14.0. The highest BCUT2D eigenvalue weighted by atomic mass is 16.6. The van der Waals surface area contributed by atoms with Crippen molar-refractivity contribution in [3.05, 3.63) is 169 Å². The molecule has 1 N–H and O–H groups in total. The number of rotatable bonds is 27. The number of hydrogen-bond acceptors (Lipinski definition) is 14. The fourth-order valence-corrected chi connectivity index (χ4v) is 7.00. The summed E-state index contributed by atoms with van der Waals surface area (Å²) in [6.45, 7) is 13.6. The maximum Gasteiger partial charge on any atom is 0.343 e. The summed E-state index contributed by atoms with van der Waals surface area (Å²) in [5.41, 5.74) is 4.64. The lowest BCUT2D eigenvalue weighted by Gasteiger charge is -2.16. The number of hydrazone groups is 1. The number of fused-ring (bicyclic) bond motifs is 2. The van der Waals surface area contributed by atoms with Gasteiger partial charge in [-0.2, -0.15) is 5.10 Å². The molecular formula is C57H56N2O12. The Morgan fingerprint density at radius 1 is 0.549 bits per heavy atom. The Bertz CT molecular complexity index is 2890. The third kappa shape index (κ3) is 16.0. The predicted molar refractivity (Wildman–Crippen MR) is 273 cm³/mol. The van der Waals surface area contributed by atoms with Crippen LogP contribution in [0.5, 0.6) is 28.7 Å². The largest absolute Gasteiger partial charge is 0.494 e. The van der Waals surface area contributed by atoms with Gasteiger partial charge in [-0.15, -0.1) is 0 Å². The number of carbonyl (C=O) groups excluding carboxylic acids is 5. The van der Waals surface area contributed by atoms with Crippen molar-refractivity contribution in [2.45, 2.75) is 58.3 Å². The topological polar surface area (TPSA) is 174 Å². The highest BCUT2D eigenvalue weighted by Crippen LogP contribution is 2.39. The fourth-order valence-electron chi connectivity index (χ4n) is 7.00. The van der Waals surface area contributed by atoms with Crippen molar-refractivity contribution >= 4 is 63.3 Å². The minimum Gasteiger partial charge on any atom is -0.494 e. The van der Waals surface area contributed by atoms with Crippen LogP contribution in [0, 0.1) is 0 Å². The van der Waals surface area contributed by atoms with E-state index in [1.165, 1.54) is 31.3 Å². The second-order valence-corrected chi connectivity index (χ2v) is 16.2. The summed E-state index contributed by atoms with van der Waals surface area (Å²) in [5.74, 6) is -1.52. The molecule has 14 nitrogen and oxygen atoms in total. The smallest absolute Gasteiger partial charge is 0.343 e. The average Bonchev–Trinajstić information content (AvgIpc) is 3.38. The quantitative estimate of drug-likeness (QED) is 0.0129. The van der Waals surface area contributed by atoms with Gasteiger partial charge in [-0.05, 0) is 154 Å². The molecule has 0 bridgehead atoms. The number of ether oxygens (including phenoxy) is 7. The summed E-state index contributed by atoms with van der Waals surface area (Å²) < 4.78 is 39.6. The van der Waals surface area contributed by atoms with Gasteiger partial charge >= 0.3 is 29.8 Å². The van der Waals surface area contributed by atoms with Crippen LogP contribution in [0.2, 0.25) is 0 Å². The van der Waals surface area contributed by atoms with Crippen molar-refractivity contribution in [2.24, 2.45) is 5.10 Å². The second-order valence-electron chi connectivity index (χ2n) is 16.2. The van der Waals surface area contributed by atoms with Gasteiger partial charge in [-0.1, -0.05) is 50.1 Å². The van der Waals surface area contributed by atoms with E-state index in [1.54, 1.807) is 54.6 Å². The molecule has 0 saturated heterocycles. The first-order chi connectivity index (χ1) is 34.5. The van der Waals surface area contributed by atoms with Crippen LogP contribution in [0.15, 0.2) is 158 Å². The lowest BCUT2D eigenvalue weighted by molar-refractivity contribution is -0.138. The molecule has 0 spiro atoms.